The van der Waals surface area contributed by atoms with Crippen molar-refractivity contribution in [3.05, 3.63) is 56.5 Å². The lowest BCUT2D eigenvalue weighted by molar-refractivity contribution is -0.119. The predicted octanol–water partition coefficient (Wildman–Crippen LogP) is 3.79. The Labute approximate surface area is 151 Å². The van der Waals surface area contributed by atoms with Crippen LogP contribution in [0, 0.1) is 6.92 Å². The van der Waals surface area contributed by atoms with Crippen LogP contribution < -0.4 is 10.7 Å². The predicted molar refractivity (Wildman–Crippen MR) is 98.9 cm³/mol. The smallest absolute Gasteiger partial charge is 0.259 e. The van der Waals surface area contributed by atoms with E-state index in [0.29, 0.717) is 5.56 Å². The Morgan fingerprint density at radius 1 is 1.26 bits per heavy atom. The molecule has 5 nitrogen and oxygen atoms in total. The van der Waals surface area contributed by atoms with E-state index in [-0.39, 0.29) is 18.2 Å². The minimum atomic E-state index is -0.277. The number of hydrazone groups is 1. The van der Waals surface area contributed by atoms with Gasteiger partial charge in [-0.15, -0.1) is 0 Å². The highest BCUT2D eigenvalue weighted by Gasteiger charge is 2.07. The van der Waals surface area contributed by atoms with Crippen LogP contribution in [-0.4, -0.2) is 23.8 Å². The zero-order chi connectivity index (χ0) is 16.8. The zero-order valence-corrected chi connectivity index (χ0v) is 15.5. The minimum absolute atomic E-state index is 0.0810. The highest BCUT2D eigenvalue weighted by molar-refractivity contribution is 9.11. The van der Waals surface area contributed by atoms with Crippen LogP contribution in [0.3, 0.4) is 0 Å². The lowest BCUT2D eigenvalue weighted by atomic mass is 10.2. The third-order valence-corrected chi connectivity index (χ3v) is 4.14. The van der Waals surface area contributed by atoms with Gasteiger partial charge in [-0.3, -0.25) is 4.79 Å². The second kappa shape index (κ2) is 8.12. The van der Waals surface area contributed by atoms with Crippen molar-refractivity contribution in [2.24, 2.45) is 5.10 Å². The Morgan fingerprint density at radius 2 is 1.96 bits per heavy atom. The van der Waals surface area contributed by atoms with Crippen molar-refractivity contribution in [1.29, 1.82) is 0 Å². The second-order valence-corrected chi connectivity index (χ2v) is 6.55. The summed E-state index contributed by atoms with van der Waals surface area (Å²) in [5.74, 6) is -0.128. The van der Waals surface area contributed by atoms with Crippen LogP contribution in [0.2, 0.25) is 0 Å². The second-order valence-electron chi connectivity index (χ2n) is 4.85. The molecule has 0 aliphatic heterocycles. The third kappa shape index (κ3) is 5.37. The molecule has 0 saturated heterocycles. The van der Waals surface area contributed by atoms with Crippen molar-refractivity contribution >= 4 is 49.7 Å². The Balaban J connectivity index is 1.88. The van der Waals surface area contributed by atoms with E-state index in [1.54, 1.807) is 24.3 Å². The number of aryl methyl sites for hydroxylation is 1. The van der Waals surface area contributed by atoms with Crippen LogP contribution in [-0.2, 0) is 4.79 Å². The van der Waals surface area contributed by atoms with E-state index in [0.717, 1.165) is 20.2 Å². The molecule has 0 atom stereocenters. The monoisotopic (exact) mass is 439 g/mol. The van der Waals surface area contributed by atoms with Crippen LogP contribution in [0.15, 0.2) is 50.4 Å². The molecule has 2 aromatic rings. The summed E-state index contributed by atoms with van der Waals surface area (Å²) < 4.78 is 1.75. The number of nitrogens with one attached hydrogen (secondary N) is 2. The number of amides is 1. The van der Waals surface area contributed by atoms with Gasteiger partial charge in [0.05, 0.1) is 18.4 Å². The van der Waals surface area contributed by atoms with Gasteiger partial charge in [0.15, 0.2) is 0 Å². The lowest BCUT2D eigenvalue weighted by Gasteiger charge is -2.11. The summed E-state index contributed by atoms with van der Waals surface area (Å²) in [6.07, 6.45) is 1.47. The van der Waals surface area contributed by atoms with Gasteiger partial charge >= 0.3 is 0 Å². The summed E-state index contributed by atoms with van der Waals surface area (Å²) in [5, 5.41) is 16.2. The zero-order valence-electron chi connectivity index (χ0n) is 12.3. The Bertz CT molecular complexity index is 725. The molecule has 0 radical (unpaired) electrons. The number of halogens is 2. The summed E-state index contributed by atoms with van der Waals surface area (Å²) in [6.45, 7) is 2.07. The number of hydrogen-bond acceptors (Lipinski definition) is 4. The van der Waals surface area contributed by atoms with E-state index >= 15 is 0 Å². The highest BCUT2D eigenvalue weighted by atomic mass is 79.9. The first kappa shape index (κ1) is 17.5. The van der Waals surface area contributed by atoms with E-state index in [2.05, 4.69) is 47.7 Å². The van der Waals surface area contributed by atoms with Crippen molar-refractivity contribution in [3.63, 3.8) is 0 Å². The molecule has 0 heterocycles. The highest BCUT2D eigenvalue weighted by Crippen LogP contribution is 2.32. The average Bonchev–Trinajstić information content (AvgIpc) is 2.46. The van der Waals surface area contributed by atoms with Crippen molar-refractivity contribution in [1.82, 2.24) is 5.43 Å². The number of benzene rings is 2. The molecule has 0 fully saturated rings. The molecule has 120 valence electrons. The van der Waals surface area contributed by atoms with E-state index in [9.17, 15) is 9.90 Å². The molecule has 2 aromatic carbocycles. The van der Waals surface area contributed by atoms with Crippen molar-refractivity contribution < 1.29 is 9.90 Å². The van der Waals surface area contributed by atoms with Gasteiger partial charge in [-0.1, -0.05) is 12.1 Å². The molecule has 0 aliphatic carbocycles. The number of rotatable bonds is 5. The van der Waals surface area contributed by atoms with Crippen molar-refractivity contribution in [3.8, 4) is 5.75 Å². The molecule has 2 rings (SSSR count). The number of hydrogen-bond donors (Lipinski definition) is 3. The minimum Gasteiger partial charge on any atom is -0.508 e. The molecule has 3 N–H and O–H groups in total. The van der Waals surface area contributed by atoms with Crippen LogP contribution in [0.1, 0.15) is 11.1 Å². The Hall–Kier alpha value is -1.86. The molecular formula is C16H15Br2N3O2. The van der Waals surface area contributed by atoms with E-state index in [1.165, 1.54) is 6.21 Å². The molecule has 0 bridgehead atoms. The van der Waals surface area contributed by atoms with E-state index in [1.807, 2.05) is 19.1 Å². The lowest BCUT2D eigenvalue weighted by Crippen LogP contribution is -2.26. The number of phenols is 1. The van der Waals surface area contributed by atoms with Crippen LogP contribution in [0.25, 0.3) is 0 Å². The SMILES string of the molecule is Cc1cc(Br)c(NCC(=O)N/N=C/c2cccc(O)c2)c(Br)c1. The molecule has 7 heteroatoms. The fourth-order valence-electron chi connectivity index (χ4n) is 1.86. The molecule has 0 aliphatic rings. The van der Waals surface area contributed by atoms with Crippen molar-refractivity contribution in [2.75, 3.05) is 11.9 Å². The van der Waals surface area contributed by atoms with Gasteiger partial charge in [0.2, 0.25) is 0 Å². The molecule has 0 spiro atoms. The maximum absolute atomic E-state index is 11.8. The fraction of sp³-hybridized carbons (Fsp3) is 0.125. The number of carbonyl (C=O) groups is 1. The fourth-order valence-corrected chi connectivity index (χ4v) is 3.56. The summed E-state index contributed by atoms with van der Waals surface area (Å²) in [6, 6.07) is 10.5. The quantitative estimate of drug-likeness (QED) is 0.489. The van der Waals surface area contributed by atoms with Gasteiger partial charge in [-0.2, -0.15) is 5.10 Å². The van der Waals surface area contributed by atoms with Gasteiger partial charge in [0, 0.05) is 8.95 Å². The topological polar surface area (TPSA) is 73.7 Å². The first-order valence-corrected chi connectivity index (χ1v) is 8.35. The van der Waals surface area contributed by atoms with E-state index in [4.69, 9.17) is 0 Å². The third-order valence-electron chi connectivity index (χ3n) is 2.89. The van der Waals surface area contributed by atoms with Crippen LogP contribution in [0.4, 0.5) is 5.69 Å². The maximum Gasteiger partial charge on any atom is 0.259 e. The standard InChI is InChI=1S/C16H15Br2N3O2/c1-10-5-13(17)16(14(18)6-10)19-9-15(23)21-20-8-11-3-2-4-12(22)7-11/h2-8,19,22H,9H2,1H3,(H,21,23)/b20-8+. The van der Waals surface area contributed by atoms with Gasteiger partial charge < -0.3 is 10.4 Å². The Kier molecular flexibility index (Phi) is 6.18. The summed E-state index contributed by atoms with van der Waals surface area (Å²) in [7, 11) is 0. The summed E-state index contributed by atoms with van der Waals surface area (Å²) in [5.41, 5.74) is 5.04. The maximum atomic E-state index is 11.8. The molecule has 0 aromatic heterocycles. The van der Waals surface area contributed by atoms with Gasteiger partial charge in [0.25, 0.3) is 5.91 Å². The van der Waals surface area contributed by atoms with Crippen LogP contribution in [0.5, 0.6) is 5.75 Å². The van der Waals surface area contributed by atoms with Crippen molar-refractivity contribution in [2.45, 2.75) is 6.92 Å². The number of phenolic OH excluding ortho intramolecular Hbond substituents is 1. The average molecular weight is 441 g/mol. The van der Waals surface area contributed by atoms with Gasteiger partial charge in [-0.25, -0.2) is 5.43 Å². The van der Waals surface area contributed by atoms with Gasteiger partial charge in [0.1, 0.15) is 5.75 Å². The first-order chi connectivity index (χ1) is 11.0. The number of aromatic hydroxyl groups is 1. The molecule has 23 heavy (non-hydrogen) atoms. The van der Waals surface area contributed by atoms with Gasteiger partial charge in [-0.05, 0) is 74.2 Å². The summed E-state index contributed by atoms with van der Waals surface area (Å²) in [4.78, 5) is 11.8. The molecule has 1 amide bonds. The number of anilines is 1. The molecular weight excluding hydrogens is 426 g/mol. The first-order valence-electron chi connectivity index (χ1n) is 6.76. The van der Waals surface area contributed by atoms with Crippen LogP contribution >= 0.6 is 31.9 Å². The van der Waals surface area contributed by atoms with E-state index < -0.39 is 0 Å². The Morgan fingerprint density at radius 3 is 2.61 bits per heavy atom. The molecule has 0 unspecified atom stereocenters. The number of carbonyl (C=O) groups excluding carboxylic acids is 1. The normalized spacial score (nSPS) is 10.7. The summed E-state index contributed by atoms with van der Waals surface area (Å²) >= 11 is 6.92. The number of nitrogens with zero attached hydrogens (tertiary/aromatic N) is 1. The molecule has 0 saturated carbocycles. The largest absolute Gasteiger partial charge is 0.508 e.